The summed E-state index contributed by atoms with van der Waals surface area (Å²) < 4.78 is 50.8. The number of Topliss-reactive ketones (excluding diaryl/α,β-unsaturated/α-hetero) is 1. The van der Waals surface area contributed by atoms with Gasteiger partial charge in [0.05, 0.1) is 6.04 Å². The standard InChI is InChI=1S/C16H18F3NO4/c1-16(2,3)24-15(22)20-13-4-8(21)7-23-14(13)9-5-11(18)12(19)6-10(9)17/h5-6,13-14H,4,7H2,1-3H3,(H,20,22)/t13?,14-/m1/s1. The summed E-state index contributed by atoms with van der Waals surface area (Å²) in [5, 5.41) is 2.43. The summed E-state index contributed by atoms with van der Waals surface area (Å²) >= 11 is 0. The maximum Gasteiger partial charge on any atom is 0.407 e. The second kappa shape index (κ2) is 6.80. The molecule has 132 valence electrons. The lowest BCUT2D eigenvalue weighted by atomic mass is 9.95. The third-order valence-electron chi connectivity index (χ3n) is 3.29. The second-order valence-corrected chi connectivity index (χ2v) is 6.51. The van der Waals surface area contributed by atoms with Gasteiger partial charge in [-0.1, -0.05) is 0 Å². The number of ketones is 1. The maximum absolute atomic E-state index is 14.0. The minimum Gasteiger partial charge on any atom is -0.444 e. The topological polar surface area (TPSA) is 64.6 Å². The number of carbonyl (C=O) groups excluding carboxylic acids is 2. The highest BCUT2D eigenvalue weighted by Crippen LogP contribution is 2.30. The zero-order valence-electron chi connectivity index (χ0n) is 13.5. The van der Waals surface area contributed by atoms with Gasteiger partial charge in [0, 0.05) is 18.1 Å². The van der Waals surface area contributed by atoms with E-state index in [2.05, 4.69) is 5.32 Å². The molecule has 1 N–H and O–H groups in total. The Morgan fingerprint density at radius 1 is 1.21 bits per heavy atom. The van der Waals surface area contributed by atoms with Crippen LogP contribution in [0.3, 0.4) is 0 Å². The predicted octanol–water partition coefficient (Wildman–Crippen LogP) is 3.03. The molecule has 2 atom stereocenters. The molecular weight excluding hydrogens is 327 g/mol. The Balaban J connectivity index is 2.25. The number of halogens is 3. The average molecular weight is 345 g/mol. The first-order valence-electron chi connectivity index (χ1n) is 7.34. The van der Waals surface area contributed by atoms with E-state index in [1.807, 2.05) is 0 Å². The van der Waals surface area contributed by atoms with Crippen LogP contribution in [0.4, 0.5) is 18.0 Å². The van der Waals surface area contributed by atoms with Crippen molar-refractivity contribution in [2.75, 3.05) is 6.61 Å². The van der Waals surface area contributed by atoms with Gasteiger partial charge in [-0.2, -0.15) is 0 Å². The van der Waals surface area contributed by atoms with Crippen molar-refractivity contribution in [1.29, 1.82) is 0 Å². The number of nitrogens with one attached hydrogen (secondary N) is 1. The number of carbonyl (C=O) groups is 2. The number of amides is 1. The molecule has 1 unspecified atom stereocenters. The van der Waals surface area contributed by atoms with Gasteiger partial charge in [-0.25, -0.2) is 18.0 Å². The van der Waals surface area contributed by atoms with Crippen LogP contribution in [0.5, 0.6) is 0 Å². The van der Waals surface area contributed by atoms with Gasteiger partial charge in [0.1, 0.15) is 24.1 Å². The maximum atomic E-state index is 14.0. The first kappa shape index (κ1) is 18.3. The molecule has 1 aliphatic rings. The highest BCUT2D eigenvalue weighted by molar-refractivity contribution is 5.82. The zero-order valence-corrected chi connectivity index (χ0v) is 13.5. The van der Waals surface area contributed by atoms with E-state index in [1.165, 1.54) is 0 Å². The molecule has 0 aliphatic carbocycles. The van der Waals surface area contributed by atoms with Gasteiger partial charge < -0.3 is 14.8 Å². The van der Waals surface area contributed by atoms with Gasteiger partial charge in [0.25, 0.3) is 0 Å². The molecule has 1 saturated heterocycles. The van der Waals surface area contributed by atoms with E-state index < -0.39 is 41.3 Å². The molecular formula is C16H18F3NO4. The Morgan fingerprint density at radius 3 is 2.46 bits per heavy atom. The first-order chi connectivity index (χ1) is 11.1. The monoisotopic (exact) mass is 345 g/mol. The van der Waals surface area contributed by atoms with Crippen LogP contribution in [0.1, 0.15) is 38.9 Å². The fourth-order valence-electron chi connectivity index (χ4n) is 2.36. The minimum absolute atomic E-state index is 0.137. The third kappa shape index (κ3) is 4.47. The van der Waals surface area contributed by atoms with Crippen LogP contribution in [0, 0.1) is 17.5 Å². The molecule has 2 rings (SSSR count). The summed E-state index contributed by atoms with van der Waals surface area (Å²) in [5.41, 5.74) is -1.05. The van der Waals surface area contributed by atoms with Crippen LogP contribution in [-0.2, 0) is 14.3 Å². The molecule has 0 saturated carbocycles. The van der Waals surface area contributed by atoms with E-state index in [-0.39, 0.29) is 24.4 Å². The minimum atomic E-state index is -1.33. The number of hydrogen-bond donors (Lipinski definition) is 1. The normalized spacial score (nSPS) is 21.5. The molecule has 1 aromatic carbocycles. The van der Waals surface area contributed by atoms with Crippen molar-refractivity contribution in [2.24, 2.45) is 0 Å². The molecule has 5 nitrogen and oxygen atoms in total. The number of ether oxygens (including phenoxy) is 2. The number of benzene rings is 1. The summed E-state index contributed by atoms with van der Waals surface area (Å²) in [6, 6.07) is 0.102. The van der Waals surface area contributed by atoms with Gasteiger partial charge in [0.2, 0.25) is 0 Å². The van der Waals surface area contributed by atoms with E-state index in [0.29, 0.717) is 12.1 Å². The largest absolute Gasteiger partial charge is 0.444 e. The van der Waals surface area contributed by atoms with Crippen LogP contribution < -0.4 is 5.32 Å². The number of alkyl carbamates (subject to hydrolysis) is 1. The van der Waals surface area contributed by atoms with Gasteiger partial charge in [-0.05, 0) is 26.8 Å². The Hall–Kier alpha value is -2.09. The Bertz CT molecular complexity index is 657. The summed E-state index contributed by atoms with van der Waals surface area (Å²) in [5.74, 6) is -3.91. The van der Waals surface area contributed by atoms with Crippen molar-refractivity contribution in [1.82, 2.24) is 5.32 Å². The third-order valence-corrected chi connectivity index (χ3v) is 3.29. The van der Waals surface area contributed by atoms with Crippen LogP contribution >= 0.6 is 0 Å². The molecule has 1 aromatic rings. The Kier molecular flexibility index (Phi) is 5.17. The van der Waals surface area contributed by atoms with Crippen molar-refractivity contribution in [3.63, 3.8) is 0 Å². The molecule has 0 aromatic heterocycles. The lowest BCUT2D eigenvalue weighted by Crippen LogP contribution is -2.47. The van der Waals surface area contributed by atoms with Gasteiger partial charge >= 0.3 is 6.09 Å². The predicted molar refractivity (Wildman–Crippen MR) is 77.8 cm³/mol. The van der Waals surface area contributed by atoms with Crippen molar-refractivity contribution in [3.05, 3.63) is 35.1 Å². The highest BCUT2D eigenvalue weighted by atomic mass is 19.2. The van der Waals surface area contributed by atoms with Crippen molar-refractivity contribution >= 4 is 11.9 Å². The molecule has 0 radical (unpaired) electrons. The zero-order chi connectivity index (χ0) is 18.1. The molecule has 1 heterocycles. The van der Waals surface area contributed by atoms with E-state index >= 15 is 0 Å². The molecule has 1 aliphatic heterocycles. The van der Waals surface area contributed by atoms with Crippen molar-refractivity contribution in [3.8, 4) is 0 Å². The summed E-state index contributed by atoms with van der Waals surface area (Å²) in [6.45, 7) is 4.65. The van der Waals surface area contributed by atoms with Crippen LogP contribution in [0.25, 0.3) is 0 Å². The Morgan fingerprint density at radius 2 is 1.83 bits per heavy atom. The van der Waals surface area contributed by atoms with E-state index in [4.69, 9.17) is 9.47 Å². The fourth-order valence-corrected chi connectivity index (χ4v) is 2.36. The Labute approximate surface area is 137 Å². The second-order valence-electron chi connectivity index (χ2n) is 6.51. The number of rotatable bonds is 2. The summed E-state index contributed by atoms with van der Waals surface area (Å²) in [7, 11) is 0. The van der Waals surface area contributed by atoms with Crippen molar-refractivity contribution in [2.45, 2.75) is 44.9 Å². The summed E-state index contributed by atoms with van der Waals surface area (Å²) in [6.07, 6.45) is -2.09. The SMILES string of the molecule is CC(C)(C)OC(=O)NC1CC(=O)CO[C@@H]1c1cc(F)c(F)cc1F. The first-order valence-corrected chi connectivity index (χ1v) is 7.34. The molecule has 0 spiro atoms. The van der Waals surface area contributed by atoms with Gasteiger partial charge in [-0.15, -0.1) is 0 Å². The smallest absolute Gasteiger partial charge is 0.407 e. The van der Waals surface area contributed by atoms with E-state index in [9.17, 15) is 22.8 Å². The molecule has 1 fully saturated rings. The quantitative estimate of drug-likeness (QED) is 0.837. The molecule has 8 heteroatoms. The molecule has 0 bridgehead atoms. The van der Waals surface area contributed by atoms with E-state index in [1.54, 1.807) is 20.8 Å². The van der Waals surface area contributed by atoms with Crippen LogP contribution in [0.15, 0.2) is 12.1 Å². The molecule has 24 heavy (non-hydrogen) atoms. The fraction of sp³-hybridized carbons (Fsp3) is 0.500. The van der Waals surface area contributed by atoms with E-state index in [0.717, 1.165) is 0 Å². The molecule has 1 amide bonds. The van der Waals surface area contributed by atoms with Crippen molar-refractivity contribution < 1.29 is 32.2 Å². The lowest BCUT2D eigenvalue weighted by molar-refractivity contribution is -0.133. The van der Waals surface area contributed by atoms with Gasteiger partial charge in [0.15, 0.2) is 17.4 Å². The lowest BCUT2D eigenvalue weighted by Gasteiger charge is -2.32. The average Bonchev–Trinajstić information content (AvgIpc) is 2.41. The summed E-state index contributed by atoms with van der Waals surface area (Å²) in [4.78, 5) is 23.5. The van der Waals surface area contributed by atoms with Crippen LogP contribution in [-0.4, -0.2) is 30.1 Å². The van der Waals surface area contributed by atoms with Crippen LogP contribution in [0.2, 0.25) is 0 Å². The number of hydrogen-bond acceptors (Lipinski definition) is 4. The van der Waals surface area contributed by atoms with Gasteiger partial charge in [-0.3, -0.25) is 4.79 Å². The highest BCUT2D eigenvalue weighted by Gasteiger charge is 2.35.